The van der Waals surface area contributed by atoms with Gasteiger partial charge < -0.3 is 44.2 Å². The number of para-hydroxylation sites is 1. The number of carbonyl (C=O) groups is 2. The smallest absolute Gasteiger partial charge is 0.339 e. The number of aromatic hydroxyl groups is 2. The van der Waals surface area contributed by atoms with Gasteiger partial charge in [-0.1, -0.05) is 78.1 Å². The van der Waals surface area contributed by atoms with Gasteiger partial charge in [0.25, 0.3) is 0 Å². The number of phenols is 2. The first-order valence-electron chi connectivity index (χ1n) is 24.4. The van der Waals surface area contributed by atoms with E-state index in [2.05, 4.69) is 128 Å². The molecule has 4 N–H and O–H groups in total. The molecule has 0 unspecified atom stereocenters. The standard InChI is InChI=1S/C26H28N3.C23H16O6.C14H14O4/c1-19-17-21(20(2)29(19)24-9-7-6-8-10-24)11-13-23-14-12-22-18-25(27(3)4)15-16-26(22)28(23)5;24-20-16(14-7-3-1-5-12(14)9-18(20)22(26)27)11-17-15-8-4-2-6-13(15)10-19(21(17)25)23(28)29;1-9(2)5-6-17-13-8-12-10(7-11(13)15)3-4-14(16)18-12/h6-18H,1-5H3;1-10,24-25H,11H2,(H,26,27)(H,28,29);3-5,7-8,15H,6H2,1-2H3/q+1;;/p-1. The summed E-state index contributed by atoms with van der Waals surface area (Å²) in [6, 6.07) is 46.2. The molecule has 0 atom stereocenters. The van der Waals surface area contributed by atoms with Crippen LogP contribution in [-0.2, 0) is 13.5 Å². The largest absolute Gasteiger partial charge is 0.872 e. The molecule has 0 fully saturated rings. The summed E-state index contributed by atoms with van der Waals surface area (Å²) in [5, 5.41) is 56.5. The van der Waals surface area contributed by atoms with Crippen molar-refractivity contribution >= 4 is 73.2 Å². The van der Waals surface area contributed by atoms with Crippen LogP contribution in [0.3, 0.4) is 0 Å². The zero-order chi connectivity index (χ0) is 54.4. The fraction of sp³-hybridized carbons (Fsp3) is 0.143. The number of phenolic OH excluding ortho intramolecular Hbond substituents is 1. The molecule has 10 aromatic rings. The number of rotatable bonds is 11. The molecule has 0 aliphatic carbocycles. The van der Waals surface area contributed by atoms with Crippen molar-refractivity contribution < 1.29 is 48.8 Å². The number of aryl methyl sites for hydroxylation is 2. The molecule has 13 heteroatoms. The number of ether oxygens (including phenoxy) is 1. The van der Waals surface area contributed by atoms with Gasteiger partial charge in [-0.2, -0.15) is 4.57 Å². The average molecular weight is 1020 g/mol. The number of hydrogen-bond acceptors (Lipinski definition) is 9. The lowest BCUT2D eigenvalue weighted by atomic mass is 9.90. The number of hydrogen-bond donors (Lipinski definition) is 4. The van der Waals surface area contributed by atoms with Crippen LogP contribution >= 0.6 is 0 Å². The van der Waals surface area contributed by atoms with Crippen molar-refractivity contribution in [3.8, 4) is 28.7 Å². The van der Waals surface area contributed by atoms with E-state index in [1.165, 1.54) is 75.3 Å². The monoisotopic (exact) mass is 1020 g/mol. The molecule has 0 amide bonds. The molecule has 3 heterocycles. The van der Waals surface area contributed by atoms with Crippen molar-refractivity contribution in [2.24, 2.45) is 7.05 Å². The van der Waals surface area contributed by atoms with Gasteiger partial charge in [-0.3, -0.25) is 0 Å². The van der Waals surface area contributed by atoms with Gasteiger partial charge in [-0.05, 0) is 133 Å². The molecule has 7 aromatic carbocycles. The van der Waals surface area contributed by atoms with E-state index in [9.17, 15) is 39.9 Å². The van der Waals surface area contributed by atoms with Crippen molar-refractivity contribution in [2.75, 3.05) is 25.6 Å². The number of carboxylic acid groups (broad SMARTS) is 2. The van der Waals surface area contributed by atoms with Gasteiger partial charge in [-0.25, -0.2) is 14.4 Å². The summed E-state index contributed by atoms with van der Waals surface area (Å²) in [5.74, 6) is -3.38. The molecule has 384 valence electrons. The predicted molar refractivity (Wildman–Crippen MR) is 298 cm³/mol. The van der Waals surface area contributed by atoms with Crippen LogP contribution in [0, 0.1) is 13.8 Å². The highest BCUT2D eigenvalue weighted by Gasteiger charge is 2.21. The van der Waals surface area contributed by atoms with Gasteiger partial charge in [0.1, 0.15) is 30.6 Å². The van der Waals surface area contributed by atoms with Crippen LogP contribution in [0.25, 0.3) is 61.3 Å². The topological polar surface area (TPSA) is 190 Å². The second kappa shape index (κ2) is 22.7. The van der Waals surface area contributed by atoms with E-state index in [1.54, 1.807) is 54.6 Å². The van der Waals surface area contributed by atoms with Crippen LogP contribution in [-0.4, -0.2) is 57.6 Å². The Morgan fingerprint density at radius 2 is 1.34 bits per heavy atom. The number of aromatic carboxylic acids is 2. The Bertz CT molecular complexity index is 3860. The zero-order valence-electron chi connectivity index (χ0n) is 43.2. The first-order chi connectivity index (χ1) is 36.4. The Morgan fingerprint density at radius 1 is 0.711 bits per heavy atom. The van der Waals surface area contributed by atoms with Crippen LogP contribution in [0.4, 0.5) is 5.69 Å². The number of nitrogens with zero attached hydrogens (tertiary/aromatic N) is 3. The zero-order valence-corrected chi connectivity index (χ0v) is 43.2. The van der Waals surface area contributed by atoms with Gasteiger partial charge >= 0.3 is 17.6 Å². The Hall–Kier alpha value is -9.62. The number of allylic oxidation sites excluding steroid dienone is 1. The van der Waals surface area contributed by atoms with Crippen molar-refractivity contribution in [2.45, 2.75) is 34.1 Å². The Balaban J connectivity index is 0.000000156. The van der Waals surface area contributed by atoms with E-state index < -0.39 is 29.1 Å². The Kier molecular flexibility index (Phi) is 15.7. The minimum absolute atomic E-state index is 0.0264. The summed E-state index contributed by atoms with van der Waals surface area (Å²) in [4.78, 5) is 36.4. The van der Waals surface area contributed by atoms with E-state index in [0.29, 0.717) is 44.9 Å². The van der Waals surface area contributed by atoms with Gasteiger partial charge in [-0.15, -0.1) is 0 Å². The minimum atomic E-state index is -1.34. The highest BCUT2D eigenvalue weighted by molar-refractivity contribution is 6.02. The maximum atomic E-state index is 12.9. The molecular weight excluding hydrogens is 959 g/mol. The molecule has 76 heavy (non-hydrogen) atoms. The molecule has 0 bridgehead atoms. The van der Waals surface area contributed by atoms with Crippen molar-refractivity contribution in [3.05, 3.63) is 219 Å². The van der Waals surface area contributed by atoms with E-state index in [1.807, 2.05) is 19.9 Å². The molecule has 0 aliphatic heterocycles. The lowest BCUT2D eigenvalue weighted by Gasteiger charge is -2.21. The molecule has 0 saturated carbocycles. The third kappa shape index (κ3) is 11.4. The Labute approximate surface area is 439 Å². The van der Waals surface area contributed by atoms with E-state index >= 15 is 0 Å². The lowest BCUT2D eigenvalue weighted by Crippen LogP contribution is -2.32. The molecular formula is C63H57N3O10. The summed E-state index contributed by atoms with van der Waals surface area (Å²) < 4.78 is 15.0. The average Bonchev–Trinajstić information content (AvgIpc) is 3.69. The highest BCUT2D eigenvalue weighted by Crippen LogP contribution is 2.38. The van der Waals surface area contributed by atoms with E-state index in [4.69, 9.17) is 9.15 Å². The summed E-state index contributed by atoms with van der Waals surface area (Å²) in [6.07, 6.45) is 6.21. The number of fused-ring (bicyclic) bond motifs is 4. The third-order valence-corrected chi connectivity index (χ3v) is 13.1. The second-order valence-electron chi connectivity index (χ2n) is 18.7. The Morgan fingerprint density at radius 3 is 2.00 bits per heavy atom. The first kappa shape index (κ1) is 52.7. The number of anilines is 1. The van der Waals surface area contributed by atoms with Crippen LogP contribution in [0.2, 0.25) is 0 Å². The van der Waals surface area contributed by atoms with Crippen LogP contribution in [0.1, 0.15) is 68.3 Å². The summed E-state index contributed by atoms with van der Waals surface area (Å²) in [7, 11) is 6.28. The van der Waals surface area contributed by atoms with Crippen molar-refractivity contribution in [1.82, 2.24) is 4.57 Å². The fourth-order valence-corrected chi connectivity index (χ4v) is 9.13. The van der Waals surface area contributed by atoms with Crippen LogP contribution in [0.15, 0.2) is 173 Å². The first-order valence-corrected chi connectivity index (χ1v) is 24.4. The molecule has 0 aliphatic rings. The lowest BCUT2D eigenvalue weighted by molar-refractivity contribution is -0.646. The third-order valence-electron chi connectivity index (χ3n) is 13.1. The van der Waals surface area contributed by atoms with Gasteiger partial charge in [0.15, 0.2) is 11.5 Å². The maximum Gasteiger partial charge on any atom is 0.339 e. The number of carboxylic acids is 2. The molecule has 0 spiro atoms. The molecule has 0 radical (unpaired) electrons. The maximum absolute atomic E-state index is 12.9. The number of aromatic nitrogens is 2. The van der Waals surface area contributed by atoms with E-state index in [-0.39, 0.29) is 34.4 Å². The predicted octanol–water partition coefficient (Wildman–Crippen LogP) is 11.9. The molecule has 0 saturated heterocycles. The van der Waals surface area contributed by atoms with Crippen molar-refractivity contribution in [1.29, 1.82) is 0 Å². The molecule has 3 aromatic heterocycles. The SMILES string of the molecule is CC(C)=CCOc1cc2oc(=O)ccc2cc1O.Cc1cc(C=Cc2ccc3cc(N(C)C)ccc3[n+]2C)c(C)n1-c1ccccc1.O=C(O)c1cc2ccccc2c(Cc2c(O)c(C(=O)O)cc3ccccc23)c1[O-]. The van der Waals surface area contributed by atoms with Gasteiger partial charge in [0.05, 0.1) is 5.56 Å². The van der Waals surface area contributed by atoms with Crippen molar-refractivity contribution in [3.63, 3.8) is 0 Å². The van der Waals surface area contributed by atoms with Crippen LogP contribution < -0.4 is 24.9 Å². The molecule has 13 nitrogen and oxygen atoms in total. The quantitative estimate of drug-likeness (QED) is 0.0548. The van der Waals surface area contributed by atoms with Gasteiger partial charge in [0, 0.05) is 90.0 Å². The minimum Gasteiger partial charge on any atom is -0.872 e. The molecule has 10 rings (SSSR count). The second-order valence-corrected chi connectivity index (χ2v) is 18.7. The van der Waals surface area contributed by atoms with Crippen LogP contribution in [0.5, 0.6) is 23.0 Å². The normalized spacial score (nSPS) is 11.0. The summed E-state index contributed by atoms with van der Waals surface area (Å²) >= 11 is 0. The van der Waals surface area contributed by atoms with E-state index in [0.717, 1.165) is 5.57 Å². The summed E-state index contributed by atoms with van der Waals surface area (Å²) in [6.45, 7) is 8.63. The summed E-state index contributed by atoms with van der Waals surface area (Å²) in [5.41, 5.74) is 9.50. The number of benzene rings is 7. The number of pyridine rings is 1. The highest BCUT2D eigenvalue weighted by atomic mass is 16.5. The fourth-order valence-electron chi connectivity index (χ4n) is 9.13. The van der Waals surface area contributed by atoms with Gasteiger partial charge in [0.2, 0.25) is 11.2 Å².